The SMILES string of the molecule is c1ccc2c(c1)CC2CNC1CCCC1C1CCCCN1. The highest BCUT2D eigenvalue weighted by atomic mass is 15.0. The van der Waals surface area contributed by atoms with E-state index in [4.69, 9.17) is 0 Å². The van der Waals surface area contributed by atoms with Crippen molar-refractivity contribution in [1.82, 2.24) is 10.6 Å². The van der Waals surface area contributed by atoms with Crippen molar-refractivity contribution in [1.29, 1.82) is 0 Å². The van der Waals surface area contributed by atoms with Crippen molar-refractivity contribution < 1.29 is 0 Å². The Balaban J connectivity index is 1.32. The first-order valence-electron chi connectivity index (χ1n) is 8.96. The topological polar surface area (TPSA) is 24.1 Å². The van der Waals surface area contributed by atoms with Crippen LogP contribution >= 0.6 is 0 Å². The van der Waals surface area contributed by atoms with Crippen LogP contribution in [0.2, 0.25) is 0 Å². The van der Waals surface area contributed by atoms with Gasteiger partial charge in [-0.1, -0.05) is 37.1 Å². The molecule has 0 bridgehead atoms. The van der Waals surface area contributed by atoms with E-state index < -0.39 is 0 Å². The maximum absolute atomic E-state index is 3.93. The zero-order valence-corrected chi connectivity index (χ0v) is 13.0. The molecule has 4 atom stereocenters. The van der Waals surface area contributed by atoms with Gasteiger partial charge in [0.15, 0.2) is 0 Å². The van der Waals surface area contributed by atoms with Gasteiger partial charge in [-0.15, -0.1) is 0 Å². The van der Waals surface area contributed by atoms with Crippen LogP contribution in [0.25, 0.3) is 0 Å². The number of nitrogens with one attached hydrogen (secondary N) is 2. The van der Waals surface area contributed by atoms with E-state index in [1.165, 1.54) is 58.0 Å². The lowest BCUT2D eigenvalue weighted by Crippen LogP contribution is -2.48. The summed E-state index contributed by atoms with van der Waals surface area (Å²) < 4.78 is 0. The lowest BCUT2D eigenvalue weighted by molar-refractivity contribution is 0.254. The Hall–Kier alpha value is -0.860. The predicted octanol–water partition coefficient (Wildman–Crippen LogP) is 3.23. The molecule has 3 aliphatic rings. The number of rotatable bonds is 4. The van der Waals surface area contributed by atoms with Gasteiger partial charge >= 0.3 is 0 Å². The molecule has 4 rings (SSSR count). The fraction of sp³-hybridized carbons (Fsp3) is 0.684. The maximum Gasteiger partial charge on any atom is 0.0110 e. The molecule has 0 amide bonds. The van der Waals surface area contributed by atoms with Gasteiger partial charge in [-0.25, -0.2) is 0 Å². The van der Waals surface area contributed by atoms with E-state index in [1.54, 1.807) is 11.1 Å². The minimum absolute atomic E-state index is 0.758. The van der Waals surface area contributed by atoms with E-state index in [0.29, 0.717) is 0 Å². The van der Waals surface area contributed by atoms with Crippen molar-refractivity contribution >= 4 is 0 Å². The molecule has 1 aliphatic heterocycles. The standard InChI is InChI=1S/C19H28N2/c1-2-7-16-14(6-1)12-15(16)13-21-19-10-5-8-17(19)18-9-3-4-11-20-18/h1-2,6-7,15,17-21H,3-5,8-13H2. The summed E-state index contributed by atoms with van der Waals surface area (Å²) in [7, 11) is 0. The number of benzene rings is 1. The minimum atomic E-state index is 0.758. The van der Waals surface area contributed by atoms with E-state index in [-0.39, 0.29) is 0 Å². The molecule has 1 saturated heterocycles. The first kappa shape index (κ1) is 13.8. The number of piperidine rings is 1. The normalized spacial score (nSPS) is 35.2. The summed E-state index contributed by atoms with van der Waals surface area (Å²) in [6.07, 6.45) is 9.71. The van der Waals surface area contributed by atoms with Gasteiger partial charge in [0.25, 0.3) is 0 Å². The van der Waals surface area contributed by atoms with E-state index in [1.807, 2.05) is 0 Å². The zero-order valence-electron chi connectivity index (χ0n) is 13.0. The van der Waals surface area contributed by atoms with Crippen LogP contribution in [0.1, 0.15) is 55.6 Å². The van der Waals surface area contributed by atoms with Crippen LogP contribution in [0.4, 0.5) is 0 Å². The van der Waals surface area contributed by atoms with Crippen LogP contribution in [-0.4, -0.2) is 25.2 Å². The summed E-state index contributed by atoms with van der Waals surface area (Å²) in [5.41, 5.74) is 3.16. The summed E-state index contributed by atoms with van der Waals surface area (Å²) in [6, 6.07) is 10.5. The molecule has 0 spiro atoms. The highest BCUT2D eigenvalue weighted by molar-refractivity contribution is 5.40. The first-order valence-corrected chi connectivity index (χ1v) is 8.96. The summed E-state index contributed by atoms with van der Waals surface area (Å²) in [5, 5.41) is 7.71. The van der Waals surface area contributed by atoms with Gasteiger partial charge in [-0.3, -0.25) is 0 Å². The molecule has 4 unspecified atom stereocenters. The van der Waals surface area contributed by atoms with Crippen molar-refractivity contribution in [2.24, 2.45) is 5.92 Å². The van der Waals surface area contributed by atoms with Crippen molar-refractivity contribution in [3.63, 3.8) is 0 Å². The third kappa shape index (κ3) is 2.76. The van der Waals surface area contributed by atoms with E-state index in [0.717, 1.165) is 23.9 Å². The van der Waals surface area contributed by atoms with Crippen LogP contribution in [-0.2, 0) is 6.42 Å². The minimum Gasteiger partial charge on any atom is -0.314 e. The lowest BCUT2D eigenvalue weighted by Gasteiger charge is -2.35. The summed E-state index contributed by atoms with van der Waals surface area (Å²) in [6.45, 7) is 2.43. The van der Waals surface area contributed by atoms with Gasteiger partial charge in [-0.2, -0.15) is 0 Å². The summed E-state index contributed by atoms with van der Waals surface area (Å²) in [5.74, 6) is 1.64. The molecule has 114 valence electrons. The molecule has 1 aromatic carbocycles. The second kappa shape index (κ2) is 6.10. The van der Waals surface area contributed by atoms with Crippen LogP contribution in [0, 0.1) is 5.92 Å². The Labute approximate surface area is 128 Å². The second-order valence-electron chi connectivity index (χ2n) is 7.27. The van der Waals surface area contributed by atoms with Gasteiger partial charge < -0.3 is 10.6 Å². The quantitative estimate of drug-likeness (QED) is 0.887. The lowest BCUT2D eigenvalue weighted by atomic mass is 9.77. The molecule has 0 radical (unpaired) electrons. The van der Waals surface area contributed by atoms with E-state index in [9.17, 15) is 0 Å². The summed E-state index contributed by atoms with van der Waals surface area (Å²) >= 11 is 0. The molecule has 1 heterocycles. The van der Waals surface area contributed by atoms with Gasteiger partial charge in [0.05, 0.1) is 0 Å². The summed E-state index contributed by atoms with van der Waals surface area (Å²) in [4.78, 5) is 0. The highest BCUT2D eigenvalue weighted by Gasteiger charge is 2.35. The number of fused-ring (bicyclic) bond motifs is 1. The molecule has 2 N–H and O–H groups in total. The van der Waals surface area contributed by atoms with Crippen LogP contribution in [0.5, 0.6) is 0 Å². The average Bonchev–Trinajstić information content (AvgIpc) is 2.98. The Morgan fingerprint density at radius 1 is 1.05 bits per heavy atom. The molecular formula is C19H28N2. The van der Waals surface area contributed by atoms with Crippen LogP contribution < -0.4 is 10.6 Å². The molecule has 2 fully saturated rings. The Morgan fingerprint density at radius 2 is 2.00 bits per heavy atom. The molecule has 21 heavy (non-hydrogen) atoms. The fourth-order valence-electron chi connectivity index (χ4n) is 4.81. The molecule has 2 heteroatoms. The number of hydrogen-bond acceptors (Lipinski definition) is 2. The molecular weight excluding hydrogens is 256 g/mol. The predicted molar refractivity (Wildman–Crippen MR) is 87.7 cm³/mol. The largest absolute Gasteiger partial charge is 0.314 e. The molecule has 1 saturated carbocycles. The Morgan fingerprint density at radius 3 is 2.86 bits per heavy atom. The van der Waals surface area contributed by atoms with Crippen molar-refractivity contribution in [2.45, 2.75) is 62.9 Å². The van der Waals surface area contributed by atoms with Crippen molar-refractivity contribution in [3.8, 4) is 0 Å². The fourth-order valence-corrected chi connectivity index (χ4v) is 4.81. The zero-order chi connectivity index (χ0) is 14.1. The van der Waals surface area contributed by atoms with Crippen LogP contribution in [0.15, 0.2) is 24.3 Å². The third-order valence-corrected chi connectivity index (χ3v) is 6.02. The van der Waals surface area contributed by atoms with E-state index in [2.05, 4.69) is 34.9 Å². The molecule has 2 nitrogen and oxygen atoms in total. The smallest absolute Gasteiger partial charge is 0.0110 e. The Bertz CT molecular complexity index is 478. The van der Waals surface area contributed by atoms with Gasteiger partial charge in [0.1, 0.15) is 0 Å². The molecule has 0 aromatic heterocycles. The second-order valence-corrected chi connectivity index (χ2v) is 7.27. The van der Waals surface area contributed by atoms with Gasteiger partial charge in [-0.05, 0) is 55.7 Å². The van der Waals surface area contributed by atoms with Crippen LogP contribution in [0.3, 0.4) is 0 Å². The van der Waals surface area contributed by atoms with Crippen molar-refractivity contribution in [2.75, 3.05) is 13.1 Å². The molecule has 1 aromatic rings. The third-order valence-electron chi connectivity index (χ3n) is 6.02. The van der Waals surface area contributed by atoms with Crippen molar-refractivity contribution in [3.05, 3.63) is 35.4 Å². The monoisotopic (exact) mass is 284 g/mol. The average molecular weight is 284 g/mol. The van der Waals surface area contributed by atoms with Gasteiger partial charge in [0, 0.05) is 24.5 Å². The van der Waals surface area contributed by atoms with Gasteiger partial charge in [0.2, 0.25) is 0 Å². The molecule has 2 aliphatic carbocycles. The maximum atomic E-state index is 3.93. The van der Waals surface area contributed by atoms with E-state index >= 15 is 0 Å². The first-order chi connectivity index (χ1) is 10.4. The highest BCUT2D eigenvalue weighted by Crippen LogP contribution is 2.36. The Kier molecular flexibility index (Phi) is 4.00. The number of hydrogen-bond donors (Lipinski definition) is 2.